The van der Waals surface area contributed by atoms with E-state index in [4.69, 9.17) is 9.84 Å². The summed E-state index contributed by atoms with van der Waals surface area (Å²) in [4.78, 5) is 10.3. The molecular formula is C7H12O5. The van der Waals surface area contributed by atoms with Gasteiger partial charge in [0.2, 0.25) is 0 Å². The minimum atomic E-state index is -1.18. The van der Waals surface area contributed by atoms with Crippen molar-refractivity contribution in [3.8, 4) is 0 Å². The quantitative estimate of drug-likeness (QED) is 0.420. The van der Waals surface area contributed by atoms with Crippen LogP contribution in [0.4, 0.5) is 0 Å². The van der Waals surface area contributed by atoms with Crippen LogP contribution in [0.1, 0.15) is 0 Å². The number of carbonyl (C=O) groups excluding carboxylic acids is 1. The maximum absolute atomic E-state index is 10.3. The van der Waals surface area contributed by atoms with Crippen molar-refractivity contribution in [2.75, 3.05) is 13.2 Å². The van der Waals surface area contributed by atoms with Gasteiger partial charge in [0.25, 0.3) is 0 Å². The summed E-state index contributed by atoms with van der Waals surface area (Å²) in [7, 11) is 0. The Hall–Kier alpha value is -0.490. The molecule has 0 saturated carbocycles. The van der Waals surface area contributed by atoms with E-state index in [0.717, 1.165) is 0 Å². The van der Waals surface area contributed by atoms with Crippen LogP contribution in [0.15, 0.2) is 0 Å². The van der Waals surface area contributed by atoms with Crippen LogP contribution in [0, 0.1) is 5.92 Å². The monoisotopic (exact) mass is 176 g/mol. The highest BCUT2D eigenvalue weighted by Gasteiger charge is 2.37. The molecule has 0 amide bonds. The Morgan fingerprint density at radius 2 is 2.08 bits per heavy atom. The molecule has 0 aromatic carbocycles. The number of hydrogen-bond acceptors (Lipinski definition) is 5. The predicted octanol–water partition coefficient (Wildman–Crippen LogP) is -2.09. The second-order valence-electron chi connectivity index (χ2n) is 2.84. The lowest BCUT2D eigenvalue weighted by Crippen LogP contribution is -2.51. The summed E-state index contributed by atoms with van der Waals surface area (Å²) in [6.07, 6.45) is -2.55. The van der Waals surface area contributed by atoms with E-state index in [9.17, 15) is 15.0 Å². The van der Waals surface area contributed by atoms with Crippen LogP contribution >= 0.6 is 0 Å². The van der Waals surface area contributed by atoms with E-state index in [1.807, 2.05) is 0 Å². The van der Waals surface area contributed by atoms with Gasteiger partial charge in [-0.25, -0.2) is 0 Å². The molecule has 1 aliphatic heterocycles. The molecule has 1 fully saturated rings. The average molecular weight is 176 g/mol. The summed E-state index contributed by atoms with van der Waals surface area (Å²) < 4.78 is 4.92. The molecule has 1 aliphatic rings. The van der Waals surface area contributed by atoms with Gasteiger partial charge in [-0.3, -0.25) is 0 Å². The zero-order chi connectivity index (χ0) is 9.14. The molecule has 3 N–H and O–H groups in total. The highest BCUT2D eigenvalue weighted by molar-refractivity contribution is 5.55. The molecule has 1 saturated heterocycles. The zero-order valence-electron chi connectivity index (χ0n) is 6.46. The van der Waals surface area contributed by atoms with Crippen LogP contribution in [0.5, 0.6) is 0 Å². The highest BCUT2D eigenvalue weighted by atomic mass is 16.5. The molecule has 1 rings (SSSR count). The first-order chi connectivity index (χ1) is 5.70. The lowest BCUT2D eigenvalue weighted by molar-refractivity contribution is -0.174. The van der Waals surface area contributed by atoms with Gasteiger partial charge in [-0.05, 0) is 0 Å². The molecule has 12 heavy (non-hydrogen) atoms. The van der Waals surface area contributed by atoms with Crippen LogP contribution in [0.3, 0.4) is 0 Å². The lowest BCUT2D eigenvalue weighted by Gasteiger charge is -2.34. The SMILES string of the molecule is O=C[C@@H]1CO[C@H](CO)[C@@H](O)[C@@H]1O. The van der Waals surface area contributed by atoms with Gasteiger partial charge in [-0.15, -0.1) is 0 Å². The Morgan fingerprint density at radius 1 is 1.42 bits per heavy atom. The Bertz CT molecular complexity index is 160. The van der Waals surface area contributed by atoms with Crippen molar-refractivity contribution in [2.24, 2.45) is 5.92 Å². The van der Waals surface area contributed by atoms with E-state index in [2.05, 4.69) is 0 Å². The van der Waals surface area contributed by atoms with Gasteiger partial charge in [0, 0.05) is 0 Å². The molecule has 1 heterocycles. The minimum Gasteiger partial charge on any atom is -0.394 e. The third-order valence-corrected chi connectivity index (χ3v) is 2.03. The molecule has 5 heteroatoms. The van der Waals surface area contributed by atoms with Crippen LogP contribution in [-0.2, 0) is 9.53 Å². The fraction of sp³-hybridized carbons (Fsp3) is 0.857. The maximum Gasteiger partial charge on any atom is 0.128 e. The number of hydrogen-bond donors (Lipinski definition) is 3. The van der Waals surface area contributed by atoms with Crippen molar-refractivity contribution < 1.29 is 24.9 Å². The van der Waals surface area contributed by atoms with Crippen molar-refractivity contribution in [3.05, 3.63) is 0 Å². The minimum absolute atomic E-state index is 0.0486. The molecule has 0 bridgehead atoms. The molecule has 0 aromatic rings. The molecule has 5 nitrogen and oxygen atoms in total. The molecule has 0 aliphatic carbocycles. The molecule has 4 atom stereocenters. The standard InChI is InChI=1S/C7H12O5/c8-1-4-3-12-5(2-9)7(11)6(4)10/h1,4-7,9-11H,2-3H2/t4-,5-,6-,7-/m1/s1. The zero-order valence-corrected chi connectivity index (χ0v) is 6.46. The third-order valence-electron chi connectivity index (χ3n) is 2.03. The van der Waals surface area contributed by atoms with Crippen LogP contribution < -0.4 is 0 Å². The fourth-order valence-electron chi connectivity index (χ4n) is 1.19. The van der Waals surface area contributed by atoms with E-state index in [1.54, 1.807) is 0 Å². The first-order valence-corrected chi connectivity index (χ1v) is 3.74. The number of aliphatic hydroxyl groups excluding tert-OH is 3. The van der Waals surface area contributed by atoms with Crippen LogP contribution in [-0.4, -0.2) is 53.1 Å². The van der Waals surface area contributed by atoms with E-state index in [-0.39, 0.29) is 13.2 Å². The van der Waals surface area contributed by atoms with Crippen molar-refractivity contribution >= 4 is 6.29 Å². The average Bonchev–Trinajstić information content (AvgIpc) is 2.10. The van der Waals surface area contributed by atoms with E-state index >= 15 is 0 Å². The Labute approximate surface area is 69.6 Å². The van der Waals surface area contributed by atoms with Gasteiger partial charge < -0.3 is 24.9 Å². The van der Waals surface area contributed by atoms with Gasteiger partial charge in [0.15, 0.2) is 0 Å². The summed E-state index contributed by atoms with van der Waals surface area (Å²) in [6, 6.07) is 0. The summed E-state index contributed by atoms with van der Waals surface area (Å²) in [5.41, 5.74) is 0. The maximum atomic E-state index is 10.3. The van der Waals surface area contributed by atoms with Gasteiger partial charge >= 0.3 is 0 Å². The number of ether oxygens (including phenoxy) is 1. The van der Waals surface area contributed by atoms with Crippen molar-refractivity contribution in [3.63, 3.8) is 0 Å². The Kier molecular flexibility index (Phi) is 3.16. The second kappa shape index (κ2) is 3.95. The van der Waals surface area contributed by atoms with Crippen LogP contribution in [0.2, 0.25) is 0 Å². The summed E-state index contributed by atoms with van der Waals surface area (Å²) in [5, 5.41) is 27.2. The van der Waals surface area contributed by atoms with Gasteiger partial charge in [-0.2, -0.15) is 0 Å². The normalized spacial score (nSPS) is 42.6. The third kappa shape index (κ3) is 1.64. The number of aldehydes is 1. The first-order valence-electron chi connectivity index (χ1n) is 3.74. The molecule has 0 spiro atoms. The van der Waals surface area contributed by atoms with Crippen molar-refractivity contribution in [1.82, 2.24) is 0 Å². The van der Waals surface area contributed by atoms with Crippen molar-refractivity contribution in [2.45, 2.75) is 18.3 Å². The Morgan fingerprint density at radius 3 is 2.58 bits per heavy atom. The Balaban J connectivity index is 2.58. The molecule has 70 valence electrons. The highest BCUT2D eigenvalue weighted by Crippen LogP contribution is 2.18. The smallest absolute Gasteiger partial charge is 0.128 e. The number of carbonyl (C=O) groups is 1. The van der Waals surface area contributed by atoms with Gasteiger partial charge in [0.1, 0.15) is 18.5 Å². The second-order valence-corrected chi connectivity index (χ2v) is 2.84. The molecule has 0 radical (unpaired) electrons. The van der Waals surface area contributed by atoms with Gasteiger partial charge in [-0.1, -0.05) is 0 Å². The first kappa shape index (κ1) is 9.60. The van der Waals surface area contributed by atoms with E-state index in [1.165, 1.54) is 0 Å². The number of aliphatic hydroxyl groups is 3. The largest absolute Gasteiger partial charge is 0.394 e. The summed E-state index contributed by atoms with van der Waals surface area (Å²) in [5.74, 6) is -0.692. The van der Waals surface area contributed by atoms with Crippen LogP contribution in [0.25, 0.3) is 0 Å². The van der Waals surface area contributed by atoms with Crippen molar-refractivity contribution in [1.29, 1.82) is 0 Å². The van der Waals surface area contributed by atoms with E-state index in [0.29, 0.717) is 6.29 Å². The number of rotatable bonds is 2. The lowest BCUT2D eigenvalue weighted by atomic mass is 9.94. The predicted molar refractivity (Wildman–Crippen MR) is 38.4 cm³/mol. The summed E-state index contributed by atoms with van der Waals surface area (Å²) >= 11 is 0. The summed E-state index contributed by atoms with van der Waals surface area (Å²) in [6.45, 7) is -0.309. The molecular weight excluding hydrogens is 164 g/mol. The fourth-order valence-corrected chi connectivity index (χ4v) is 1.19. The molecule has 0 aromatic heterocycles. The molecule has 0 unspecified atom stereocenters. The topological polar surface area (TPSA) is 87.0 Å². The van der Waals surface area contributed by atoms with Gasteiger partial charge in [0.05, 0.1) is 25.2 Å². The van der Waals surface area contributed by atoms with E-state index < -0.39 is 24.2 Å².